The van der Waals surface area contributed by atoms with Gasteiger partial charge in [-0.2, -0.15) is 12.6 Å². The van der Waals surface area contributed by atoms with E-state index in [-0.39, 0.29) is 43.9 Å². The van der Waals surface area contributed by atoms with Crippen molar-refractivity contribution in [2.45, 2.75) is 49.9 Å². The number of nitrogens with two attached hydrogens (primary N) is 3. The Labute approximate surface area is 275 Å². The molecule has 0 aliphatic carbocycles. The fraction of sp³-hybridized carbons (Fsp3) is 0.429. The summed E-state index contributed by atoms with van der Waals surface area (Å²) >= 11 is 4.11. The number of H-pyrrole nitrogens is 1. The molecule has 0 aliphatic heterocycles. The molecule has 1 aromatic carbocycles. The minimum Gasteiger partial charge on any atom is -0.480 e. The van der Waals surface area contributed by atoms with Gasteiger partial charge in [0.05, 0.1) is 25.5 Å². The maximum absolute atomic E-state index is 13.1. The molecule has 1 aromatic heterocycles. The minimum absolute atomic E-state index is 0.00773. The Morgan fingerprint density at radius 3 is 2.15 bits per heavy atom. The highest BCUT2D eigenvalue weighted by Gasteiger charge is 2.29. The lowest BCUT2D eigenvalue weighted by molar-refractivity contribution is -0.142. The summed E-state index contributed by atoms with van der Waals surface area (Å²) in [7, 11) is 0. The maximum Gasteiger partial charge on any atom is 0.326 e. The Morgan fingerprint density at radius 2 is 1.53 bits per heavy atom. The number of guanidine groups is 1. The number of carbonyl (C=O) groups excluding carboxylic acids is 5. The molecular formula is C28H41N11O7S. The van der Waals surface area contributed by atoms with Gasteiger partial charge >= 0.3 is 5.97 Å². The third-order valence-electron chi connectivity index (χ3n) is 6.51. The molecule has 0 fully saturated rings. The van der Waals surface area contributed by atoms with Gasteiger partial charge in [-0.1, -0.05) is 30.3 Å². The molecule has 47 heavy (non-hydrogen) atoms. The van der Waals surface area contributed by atoms with Crippen LogP contribution in [0.3, 0.4) is 0 Å². The summed E-state index contributed by atoms with van der Waals surface area (Å²) in [6.07, 6.45) is 3.25. The van der Waals surface area contributed by atoms with Gasteiger partial charge in [-0.15, -0.1) is 0 Å². The number of aromatic amines is 1. The van der Waals surface area contributed by atoms with Crippen LogP contribution in [0.1, 0.15) is 24.1 Å². The fourth-order valence-corrected chi connectivity index (χ4v) is 4.33. The summed E-state index contributed by atoms with van der Waals surface area (Å²) < 4.78 is 0. The molecular weight excluding hydrogens is 634 g/mol. The lowest BCUT2D eigenvalue weighted by Crippen LogP contribution is -2.57. The van der Waals surface area contributed by atoms with E-state index in [4.69, 9.17) is 17.2 Å². The van der Waals surface area contributed by atoms with Crippen molar-refractivity contribution >= 4 is 54.1 Å². The number of nitrogens with zero attached hydrogens (tertiary/aromatic N) is 2. The quantitative estimate of drug-likeness (QED) is 0.0281. The number of aliphatic carboxylic acids is 1. The molecule has 19 heteroatoms. The van der Waals surface area contributed by atoms with E-state index in [0.29, 0.717) is 5.69 Å². The number of hydrogen-bond donors (Lipinski definition) is 11. The molecule has 4 atom stereocenters. The van der Waals surface area contributed by atoms with Gasteiger partial charge in [-0.25, -0.2) is 9.78 Å². The Bertz CT molecular complexity index is 1370. The van der Waals surface area contributed by atoms with E-state index >= 15 is 0 Å². The highest BCUT2D eigenvalue weighted by atomic mass is 32.1. The van der Waals surface area contributed by atoms with Gasteiger partial charge in [0.1, 0.15) is 18.1 Å². The van der Waals surface area contributed by atoms with Crippen molar-refractivity contribution in [3.63, 3.8) is 0 Å². The molecule has 18 nitrogen and oxygen atoms in total. The van der Waals surface area contributed by atoms with Crippen LogP contribution in [0.25, 0.3) is 0 Å². The van der Waals surface area contributed by atoms with Gasteiger partial charge in [0, 0.05) is 30.6 Å². The zero-order valence-corrected chi connectivity index (χ0v) is 26.4. The second-order valence-electron chi connectivity index (χ2n) is 10.3. The summed E-state index contributed by atoms with van der Waals surface area (Å²) in [6, 6.07) is 4.43. The number of carboxylic acid groups (broad SMARTS) is 1. The second kappa shape index (κ2) is 20.1. The summed E-state index contributed by atoms with van der Waals surface area (Å²) in [5, 5.41) is 21.6. The van der Waals surface area contributed by atoms with Crippen LogP contribution in [-0.4, -0.2) is 106 Å². The van der Waals surface area contributed by atoms with Crippen LogP contribution < -0.4 is 43.8 Å². The van der Waals surface area contributed by atoms with Crippen molar-refractivity contribution < 1.29 is 33.9 Å². The molecule has 1 heterocycles. The normalized spacial score (nSPS) is 13.1. The molecule has 0 aliphatic rings. The largest absolute Gasteiger partial charge is 0.480 e. The number of carbonyl (C=O) groups is 6. The minimum atomic E-state index is -1.30. The van der Waals surface area contributed by atoms with Gasteiger partial charge in [-0.3, -0.25) is 29.0 Å². The average molecular weight is 676 g/mol. The zero-order chi connectivity index (χ0) is 34.8. The fourth-order valence-electron chi connectivity index (χ4n) is 4.07. The number of aliphatic imine (C=N–C) groups is 1. The van der Waals surface area contributed by atoms with Crippen LogP contribution in [0.2, 0.25) is 0 Å². The van der Waals surface area contributed by atoms with E-state index in [1.54, 1.807) is 0 Å². The Kier molecular flexibility index (Phi) is 16.2. The SMILES string of the molecule is NC(N)=NCCC[C@H](NC(=O)[C@H](Cc1cnc[nH]1)NC(=O)[C@H](CS)NC(=O)CNC(=O)CNC(=O)[C@@H](N)Cc1ccccc1)C(=O)O. The number of aromatic nitrogens is 2. The zero-order valence-electron chi connectivity index (χ0n) is 25.5. The lowest BCUT2D eigenvalue weighted by Gasteiger charge is -2.23. The van der Waals surface area contributed by atoms with Crippen molar-refractivity contribution in [1.82, 2.24) is 36.6 Å². The van der Waals surface area contributed by atoms with Gasteiger partial charge in [0.25, 0.3) is 0 Å². The first-order valence-corrected chi connectivity index (χ1v) is 15.1. The van der Waals surface area contributed by atoms with Crippen molar-refractivity contribution in [3.8, 4) is 0 Å². The number of benzene rings is 1. The number of nitrogens with one attached hydrogen (secondary N) is 6. The molecule has 256 valence electrons. The van der Waals surface area contributed by atoms with Crippen LogP contribution in [0.4, 0.5) is 0 Å². The topological polar surface area (TPSA) is 302 Å². The molecule has 0 saturated carbocycles. The monoisotopic (exact) mass is 675 g/mol. The summed E-state index contributed by atoms with van der Waals surface area (Å²) in [5.41, 5.74) is 17.8. The summed E-state index contributed by atoms with van der Waals surface area (Å²) in [4.78, 5) is 85.4. The molecule has 0 bridgehead atoms. The first kappa shape index (κ1) is 38.0. The van der Waals surface area contributed by atoms with E-state index in [2.05, 4.69) is 54.2 Å². The van der Waals surface area contributed by atoms with E-state index in [1.165, 1.54) is 12.5 Å². The summed E-state index contributed by atoms with van der Waals surface area (Å²) in [6.45, 7) is -0.806. The Morgan fingerprint density at radius 1 is 0.872 bits per heavy atom. The predicted molar refractivity (Wildman–Crippen MR) is 174 cm³/mol. The number of imidazole rings is 1. The predicted octanol–water partition coefficient (Wildman–Crippen LogP) is -3.72. The van der Waals surface area contributed by atoms with Gasteiger partial charge < -0.3 is 53.9 Å². The average Bonchev–Trinajstić information content (AvgIpc) is 3.55. The van der Waals surface area contributed by atoms with Crippen LogP contribution >= 0.6 is 12.6 Å². The molecule has 0 spiro atoms. The van der Waals surface area contributed by atoms with E-state index in [0.717, 1.165) is 5.56 Å². The maximum atomic E-state index is 13.1. The lowest BCUT2D eigenvalue weighted by atomic mass is 10.1. The first-order chi connectivity index (χ1) is 22.4. The number of amides is 5. The smallest absolute Gasteiger partial charge is 0.326 e. The standard InChI is InChI=1S/C28H41N11O7S/c29-18(9-16-5-2-1-3-6-16)24(42)35-12-22(40)34-13-23(41)37-21(14-47)26(44)39-20(10-17-11-32-15-36-17)25(43)38-19(27(45)46)7-4-8-33-28(30)31/h1-3,5-6,11,15,18-21,47H,4,7-10,12-14,29H2,(H,32,36)(H,34,40)(H,35,42)(H,37,41)(H,38,43)(H,39,44)(H,45,46)(H4,30,31,33)/t18-,19-,20-,21-/m0/s1. The van der Waals surface area contributed by atoms with Crippen molar-refractivity contribution in [1.29, 1.82) is 0 Å². The summed E-state index contributed by atoms with van der Waals surface area (Å²) in [5.74, 6) is -5.19. The Hall–Kier alpha value is -5.17. The number of rotatable bonds is 20. The number of hydrogen-bond acceptors (Lipinski definition) is 10. The second-order valence-corrected chi connectivity index (χ2v) is 10.6. The van der Waals surface area contributed by atoms with Crippen LogP contribution in [-0.2, 0) is 41.6 Å². The van der Waals surface area contributed by atoms with Gasteiger partial charge in [0.2, 0.25) is 29.5 Å². The molecule has 13 N–H and O–H groups in total. The highest BCUT2D eigenvalue weighted by Crippen LogP contribution is 2.05. The van der Waals surface area contributed by atoms with Crippen molar-refractivity contribution in [2.75, 3.05) is 25.4 Å². The first-order valence-electron chi connectivity index (χ1n) is 14.5. The third kappa shape index (κ3) is 14.6. The van der Waals surface area contributed by atoms with Crippen LogP contribution in [0.5, 0.6) is 0 Å². The van der Waals surface area contributed by atoms with E-state index in [9.17, 15) is 33.9 Å². The van der Waals surface area contributed by atoms with Crippen molar-refractivity contribution in [2.24, 2.45) is 22.2 Å². The Balaban J connectivity index is 1.90. The van der Waals surface area contributed by atoms with Crippen LogP contribution in [0.15, 0.2) is 47.8 Å². The molecule has 2 rings (SSSR count). The van der Waals surface area contributed by atoms with E-state index < -0.39 is 72.8 Å². The van der Waals surface area contributed by atoms with Crippen molar-refractivity contribution in [3.05, 3.63) is 54.1 Å². The molecule has 2 aromatic rings. The highest BCUT2D eigenvalue weighted by molar-refractivity contribution is 7.80. The van der Waals surface area contributed by atoms with Crippen LogP contribution in [0, 0.1) is 0 Å². The molecule has 0 saturated heterocycles. The van der Waals surface area contributed by atoms with Gasteiger partial charge in [0.15, 0.2) is 5.96 Å². The molecule has 0 radical (unpaired) electrons. The number of carboxylic acids is 1. The van der Waals surface area contributed by atoms with E-state index in [1.807, 2.05) is 30.3 Å². The molecule has 5 amide bonds. The molecule has 0 unspecified atom stereocenters. The third-order valence-corrected chi connectivity index (χ3v) is 6.88. The van der Waals surface area contributed by atoms with Gasteiger partial charge in [-0.05, 0) is 24.8 Å². The number of thiol groups is 1.